The highest BCUT2D eigenvalue weighted by Gasteiger charge is 2.25. The van der Waals surface area contributed by atoms with E-state index in [1.165, 1.54) is 0 Å². The van der Waals surface area contributed by atoms with Crippen LogP contribution in [0.2, 0.25) is 5.02 Å². The number of fused-ring (bicyclic) bond motifs is 1. The van der Waals surface area contributed by atoms with E-state index in [-0.39, 0.29) is 12.0 Å². The number of nitrogens with zero attached hydrogens (tertiary/aromatic N) is 2. The molecular formula is C21H19ClN2O2. The number of pyridine rings is 1. The molecule has 26 heavy (non-hydrogen) atoms. The molecule has 0 radical (unpaired) electrons. The third-order valence-corrected chi connectivity index (χ3v) is 5.01. The molecule has 3 aromatic rings. The molecule has 2 aromatic carbocycles. The number of aromatic nitrogens is 1. The molecule has 1 aliphatic heterocycles. The number of likely N-dealkylation sites (tertiary alicyclic amines) is 1. The van der Waals surface area contributed by atoms with Crippen LogP contribution in [-0.4, -0.2) is 35.0 Å². The average Bonchev–Trinajstić information content (AvgIpc) is 2.69. The SMILES string of the molecule is O=C(c1cccc2ccncc12)N1CCC(Oc2ccc(Cl)cc2)CC1. The van der Waals surface area contributed by atoms with Gasteiger partial charge < -0.3 is 9.64 Å². The van der Waals surface area contributed by atoms with Crippen molar-refractivity contribution in [1.82, 2.24) is 9.88 Å². The van der Waals surface area contributed by atoms with E-state index in [2.05, 4.69) is 4.98 Å². The van der Waals surface area contributed by atoms with E-state index in [1.54, 1.807) is 12.4 Å². The van der Waals surface area contributed by atoms with Crippen LogP contribution >= 0.6 is 11.6 Å². The summed E-state index contributed by atoms with van der Waals surface area (Å²) in [7, 11) is 0. The molecule has 2 heterocycles. The summed E-state index contributed by atoms with van der Waals surface area (Å²) >= 11 is 5.90. The zero-order chi connectivity index (χ0) is 17.9. The molecule has 4 rings (SSSR count). The van der Waals surface area contributed by atoms with E-state index in [4.69, 9.17) is 16.3 Å². The number of halogens is 1. The molecule has 0 bridgehead atoms. The Morgan fingerprint density at radius 2 is 1.85 bits per heavy atom. The minimum absolute atomic E-state index is 0.0635. The number of benzene rings is 2. The highest BCUT2D eigenvalue weighted by Crippen LogP contribution is 2.24. The molecule has 0 N–H and O–H groups in total. The van der Waals surface area contributed by atoms with Crippen molar-refractivity contribution in [3.05, 3.63) is 71.5 Å². The second kappa shape index (κ2) is 7.34. The van der Waals surface area contributed by atoms with Crippen LogP contribution in [0.4, 0.5) is 0 Å². The molecule has 1 saturated heterocycles. The first-order chi connectivity index (χ1) is 12.7. The Balaban J connectivity index is 1.42. The van der Waals surface area contributed by atoms with Gasteiger partial charge in [-0.25, -0.2) is 0 Å². The van der Waals surface area contributed by atoms with Crippen molar-refractivity contribution in [2.45, 2.75) is 18.9 Å². The molecule has 1 aromatic heterocycles. The Morgan fingerprint density at radius 1 is 1.08 bits per heavy atom. The average molecular weight is 367 g/mol. The second-order valence-corrected chi connectivity index (χ2v) is 6.90. The van der Waals surface area contributed by atoms with Gasteiger partial charge in [0, 0.05) is 54.3 Å². The van der Waals surface area contributed by atoms with Crippen molar-refractivity contribution in [1.29, 1.82) is 0 Å². The summed E-state index contributed by atoms with van der Waals surface area (Å²) in [4.78, 5) is 19.0. The molecule has 132 valence electrons. The second-order valence-electron chi connectivity index (χ2n) is 6.47. The normalized spacial score (nSPS) is 15.2. The molecule has 0 spiro atoms. The molecule has 1 aliphatic rings. The summed E-state index contributed by atoms with van der Waals surface area (Å²) in [6.45, 7) is 1.38. The monoisotopic (exact) mass is 366 g/mol. The van der Waals surface area contributed by atoms with Crippen LogP contribution in [0.1, 0.15) is 23.2 Å². The maximum absolute atomic E-state index is 13.0. The molecule has 0 aliphatic carbocycles. The Bertz CT molecular complexity index is 913. The summed E-state index contributed by atoms with van der Waals surface area (Å²) < 4.78 is 6.01. The van der Waals surface area contributed by atoms with E-state index < -0.39 is 0 Å². The topological polar surface area (TPSA) is 42.4 Å². The molecule has 1 amide bonds. The van der Waals surface area contributed by atoms with Crippen molar-refractivity contribution < 1.29 is 9.53 Å². The van der Waals surface area contributed by atoms with Gasteiger partial charge in [-0.15, -0.1) is 0 Å². The molecule has 0 saturated carbocycles. The minimum atomic E-state index is 0.0635. The number of rotatable bonds is 3. The van der Waals surface area contributed by atoms with Gasteiger partial charge in [0.25, 0.3) is 5.91 Å². The minimum Gasteiger partial charge on any atom is -0.490 e. The van der Waals surface area contributed by atoms with Crippen LogP contribution in [0.3, 0.4) is 0 Å². The number of piperidine rings is 1. The van der Waals surface area contributed by atoms with E-state index in [9.17, 15) is 4.79 Å². The van der Waals surface area contributed by atoms with E-state index >= 15 is 0 Å². The quantitative estimate of drug-likeness (QED) is 0.681. The van der Waals surface area contributed by atoms with Crippen molar-refractivity contribution in [2.24, 2.45) is 0 Å². The van der Waals surface area contributed by atoms with Gasteiger partial charge in [-0.05, 0) is 41.8 Å². The first kappa shape index (κ1) is 16.9. The Morgan fingerprint density at radius 3 is 2.62 bits per heavy atom. The van der Waals surface area contributed by atoms with Gasteiger partial charge in [-0.1, -0.05) is 23.7 Å². The Hall–Kier alpha value is -2.59. The Labute approximate surface area is 157 Å². The van der Waals surface area contributed by atoms with Crippen LogP contribution < -0.4 is 4.74 Å². The smallest absolute Gasteiger partial charge is 0.254 e. The van der Waals surface area contributed by atoms with Crippen LogP contribution in [0.5, 0.6) is 5.75 Å². The maximum Gasteiger partial charge on any atom is 0.254 e. The lowest BCUT2D eigenvalue weighted by atomic mass is 10.0. The lowest BCUT2D eigenvalue weighted by Crippen LogP contribution is -2.41. The van der Waals surface area contributed by atoms with Gasteiger partial charge >= 0.3 is 0 Å². The molecule has 0 unspecified atom stereocenters. The van der Waals surface area contributed by atoms with Gasteiger partial charge in [0.05, 0.1) is 0 Å². The van der Waals surface area contributed by atoms with E-state index in [1.807, 2.05) is 53.4 Å². The number of carbonyl (C=O) groups excluding carboxylic acids is 1. The van der Waals surface area contributed by atoms with Gasteiger partial charge in [0.15, 0.2) is 0 Å². The van der Waals surface area contributed by atoms with Gasteiger partial charge in [0.2, 0.25) is 0 Å². The first-order valence-electron chi connectivity index (χ1n) is 8.75. The fraction of sp³-hybridized carbons (Fsp3) is 0.238. The maximum atomic E-state index is 13.0. The van der Waals surface area contributed by atoms with Crippen molar-refractivity contribution in [2.75, 3.05) is 13.1 Å². The van der Waals surface area contributed by atoms with Crippen LogP contribution in [0.25, 0.3) is 10.8 Å². The summed E-state index contributed by atoms with van der Waals surface area (Å²) in [6, 6.07) is 15.1. The highest BCUT2D eigenvalue weighted by molar-refractivity contribution is 6.30. The molecule has 5 heteroatoms. The largest absolute Gasteiger partial charge is 0.490 e. The lowest BCUT2D eigenvalue weighted by molar-refractivity contribution is 0.0597. The first-order valence-corrected chi connectivity index (χ1v) is 9.13. The Kier molecular flexibility index (Phi) is 4.76. The van der Waals surface area contributed by atoms with Crippen molar-refractivity contribution in [3.63, 3.8) is 0 Å². The number of hydrogen-bond acceptors (Lipinski definition) is 3. The molecule has 1 fully saturated rings. The van der Waals surface area contributed by atoms with Crippen molar-refractivity contribution >= 4 is 28.3 Å². The van der Waals surface area contributed by atoms with E-state index in [0.717, 1.165) is 29.4 Å². The zero-order valence-corrected chi connectivity index (χ0v) is 15.0. The van der Waals surface area contributed by atoms with Gasteiger partial charge in [0.1, 0.15) is 11.9 Å². The lowest BCUT2D eigenvalue weighted by Gasteiger charge is -2.32. The number of carbonyl (C=O) groups is 1. The third kappa shape index (κ3) is 3.51. The molecule has 4 nitrogen and oxygen atoms in total. The van der Waals surface area contributed by atoms with Gasteiger partial charge in [-0.3, -0.25) is 9.78 Å². The number of hydrogen-bond donors (Lipinski definition) is 0. The fourth-order valence-electron chi connectivity index (χ4n) is 3.35. The predicted octanol–water partition coefficient (Wildman–Crippen LogP) is 4.57. The fourth-order valence-corrected chi connectivity index (χ4v) is 3.48. The predicted molar refractivity (Wildman–Crippen MR) is 103 cm³/mol. The van der Waals surface area contributed by atoms with Crippen molar-refractivity contribution in [3.8, 4) is 5.75 Å². The molecule has 0 atom stereocenters. The van der Waals surface area contributed by atoms with Crippen LogP contribution in [0.15, 0.2) is 60.9 Å². The third-order valence-electron chi connectivity index (χ3n) is 4.76. The standard InChI is InChI=1S/C21H19ClN2O2/c22-16-4-6-17(7-5-16)26-18-9-12-24(13-10-18)21(25)19-3-1-2-15-8-11-23-14-20(15)19/h1-8,11,14,18H,9-10,12-13H2. The van der Waals surface area contributed by atoms with E-state index in [0.29, 0.717) is 23.7 Å². The van der Waals surface area contributed by atoms with Crippen LogP contribution in [-0.2, 0) is 0 Å². The van der Waals surface area contributed by atoms with Gasteiger partial charge in [-0.2, -0.15) is 0 Å². The summed E-state index contributed by atoms with van der Waals surface area (Å²) in [6.07, 6.45) is 5.26. The highest BCUT2D eigenvalue weighted by atomic mass is 35.5. The summed E-state index contributed by atoms with van der Waals surface area (Å²) in [5.41, 5.74) is 0.715. The summed E-state index contributed by atoms with van der Waals surface area (Å²) in [5, 5.41) is 2.63. The number of amides is 1. The summed E-state index contributed by atoms with van der Waals surface area (Å²) in [5.74, 6) is 0.882. The number of ether oxygens (including phenoxy) is 1. The molecular weight excluding hydrogens is 348 g/mol. The zero-order valence-electron chi connectivity index (χ0n) is 14.3. The van der Waals surface area contributed by atoms with Crippen LogP contribution in [0, 0.1) is 0 Å².